The molecule has 0 radical (unpaired) electrons. The quantitative estimate of drug-likeness (QED) is 0.299. The fourth-order valence-corrected chi connectivity index (χ4v) is 4.74. The Bertz CT molecular complexity index is 1330. The summed E-state index contributed by atoms with van der Waals surface area (Å²) in [5.74, 6) is 0.00394. The standard InChI is InChI=1S/C29H26BrN3O/c1-32(19-21-11-15-26(30)16-12-21)20-29(34)33-28(23-8-3-2-4-9-23)18-27(31-33)25-14-13-22-7-5-6-10-24(22)17-25/h2-17,28H,18-20H2,1H3/t28-/m1/s1. The SMILES string of the molecule is CN(CC(=O)N1N=C(c2ccc3ccccc3c2)C[C@@H]1c1ccccc1)Cc1ccc(Br)cc1. The van der Waals surface area contributed by atoms with E-state index in [0.29, 0.717) is 19.5 Å². The van der Waals surface area contributed by atoms with E-state index in [2.05, 4.69) is 70.5 Å². The second-order valence-corrected chi connectivity index (χ2v) is 9.69. The number of fused-ring (bicyclic) bond motifs is 1. The van der Waals surface area contributed by atoms with E-state index < -0.39 is 0 Å². The van der Waals surface area contributed by atoms with Crippen LogP contribution in [0.2, 0.25) is 0 Å². The fraction of sp³-hybridized carbons (Fsp3) is 0.172. The number of benzene rings is 4. The minimum atomic E-state index is -0.101. The zero-order valence-corrected chi connectivity index (χ0v) is 20.7. The van der Waals surface area contributed by atoms with Crippen LogP contribution in [-0.2, 0) is 11.3 Å². The molecule has 0 saturated carbocycles. The van der Waals surface area contributed by atoms with Gasteiger partial charge in [-0.05, 0) is 52.7 Å². The van der Waals surface area contributed by atoms with Crippen LogP contribution in [0.3, 0.4) is 0 Å². The number of nitrogens with zero attached hydrogens (tertiary/aromatic N) is 3. The lowest BCUT2D eigenvalue weighted by atomic mass is 9.97. The van der Waals surface area contributed by atoms with Crippen molar-refractivity contribution in [1.29, 1.82) is 0 Å². The van der Waals surface area contributed by atoms with E-state index >= 15 is 0 Å². The van der Waals surface area contributed by atoms with E-state index in [4.69, 9.17) is 5.10 Å². The summed E-state index contributed by atoms with van der Waals surface area (Å²) in [5.41, 5.74) is 4.28. The molecule has 34 heavy (non-hydrogen) atoms. The zero-order valence-electron chi connectivity index (χ0n) is 19.1. The maximum atomic E-state index is 13.4. The lowest BCUT2D eigenvalue weighted by Gasteiger charge is -2.25. The molecule has 0 N–H and O–H groups in total. The smallest absolute Gasteiger partial charge is 0.257 e. The van der Waals surface area contributed by atoms with E-state index in [1.807, 2.05) is 54.4 Å². The Labute approximate surface area is 208 Å². The molecule has 0 saturated heterocycles. The van der Waals surface area contributed by atoms with Crippen LogP contribution in [0.25, 0.3) is 10.8 Å². The van der Waals surface area contributed by atoms with Gasteiger partial charge >= 0.3 is 0 Å². The minimum Gasteiger partial charge on any atom is -0.293 e. The molecule has 1 aliphatic heterocycles. The Hall–Kier alpha value is -3.28. The van der Waals surface area contributed by atoms with E-state index in [0.717, 1.165) is 21.3 Å². The highest BCUT2D eigenvalue weighted by molar-refractivity contribution is 9.10. The molecule has 1 aliphatic rings. The Morgan fingerprint density at radius 2 is 1.65 bits per heavy atom. The lowest BCUT2D eigenvalue weighted by molar-refractivity contribution is -0.134. The zero-order chi connectivity index (χ0) is 23.5. The molecule has 4 nitrogen and oxygen atoms in total. The Balaban J connectivity index is 1.39. The van der Waals surface area contributed by atoms with E-state index in [1.54, 1.807) is 5.01 Å². The summed E-state index contributed by atoms with van der Waals surface area (Å²) in [6, 6.07) is 33.0. The van der Waals surface area contributed by atoms with Crippen molar-refractivity contribution in [3.05, 3.63) is 118 Å². The molecular formula is C29H26BrN3O. The second kappa shape index (κ2) is 9.92. The number of hydrazone groups is 1. The Morgan fingerprint density at radius 3 is 2.41 bits per heavy atom. The van der Waals surface area contributed by atoms with Crippen LogP contribution < -0.4 is 0 Å². The van der Waals surface area contributed by atoms with Crippen LogP contribution in [0, 0.1) is 0 Å². The van der Waals surface area contributed by atoms with Gasteiger partial charge in [-0.15, -0.1) is 0 Å². The van der Waals surface area contributed by atoms with Gasteiger partial charge in [-0.1, -0.05) is 94.8 Å². The van der Waals surface area contributed by atoms with Gasteiger partial charge in [0.05, 0.1) is 18.3 Å². The van der Waals surface area contributed by atoms with Crippen molar-refractivity contribution in [2.75, 3.05) is 13.6 Å². The summed E-state index contributed by atoms with van der Waals surface area (Å²) < 4.78 is 1.05. The molecule has 1 atom stereocenters. The van der Waals surface area contributed by atoms with Crippen molar-refractivity contribution in [2.24, 2.45) is 5.10 Å². The second-order valence-electron chi connectivity index (χ2n) is 8.78. The maximum Gasteiger partial charge on any atom is 0.257 e. The van der Waals surface area contributed by atoms with Crippen molar-refractivity contribution in [3.8, 4) is 0 Å². The minimum absolute atomic E-state index is 0.00394. The maximum absolute atomic E-state index is 13.4. The van der Waals surface area contributed by atoms with Crippen molar-refractivity contribution in [1.82, 2.24) is 9.91 Å². The van der Waals surface area contributed by atoms with Crippen LogP contribution in [-0.4, -0.2) is 35.1 Å². The average Bonchev–Trinajstić information content (AvgIpc) is 3.31. The summed E-state index contributed by atoms with van der Waals surface area (Å²) in [7, 11) is 1.97. The molecule has 0 spiro atoms. The first-order valence-corrected chi connectivity index (χ1v) is 12.2. The highest BCUT2D eigenvalue weighted by Gasteiger charge is 2.33. The molecular weight excluding hydrogens is 486 g/mol. The van der Waals surface area contributed by atoms with Gasteiger partial charge in [0.15, 0.2) is 0 Å². The first-order valence-electron chi connectivity index (χ1n) is 11.4. The van der Waals surface area contributed by atoms with Crippen molar-refractivity contribution < 1.29 is 4.79 Å². The van der Waals surface area contributed by atoms with Crippen molar-refractivity contribution >= 4 is 38.3 Å². The highest BCUT2D eigenvalue weighted by atomic mass is 79.9. The number of hydrogen-bond donors (Lipinski definition) is 0. The summed E-state index contributed by atoms with van der Waals surface area (Å²) in [5, 5.41) is 8.93. The number of hydrogen-bond acceptors (Lipinski definition) is 3. The van der Waals surface area contributed by atoms with Crippen LogP contribution in [0.4, 0.5) is 0 Å². The molecule has 0 aromatic heterocycles. The van der Waals surface area contributed by atoms with Gasteiger partial charge in [-0.2, -0.15) is 5.10 Å². The largest absolute Gasteiger partial charge is 0.293 e. The normalized spacial score (nSPS) is 15.7. The molecule has 1 heterocycles. The highest BCUT2D eigenvalue weighted by Crippen LogP contribution is 2.33. The van der Waals surface area contributed by atoms with Gasteiger partial charge in [0, 0.05) is 17.4 Å². The molecule has 4 aromatic carbocycles. The van der Waals surface area contributed by atoms with Crippen LogP contribution in [0.5, 0.6) is 0 Å². The molecule has 0 aliphatic carbocycles. The number of carbonyl (C=O) groups excluding carboxylic acids is 1. The first kappa shape index (κ1) is 22.5. The number of carbonyl (C=O) groups is 1. The number of likely N-dealkylation sites (N-methyl/N-ethyl adjacent to an activating group) is 1. The number of amides is 1. The van der Waals surface area contributed by atoms with Crippen LogP contribution >= 0.6 is 15.9 Å². The van der Waals surface area contributed by atoms with Crippen molar-refractivity contribution in [2.45, 2.75) is 19.0 Å². The third kappa shape index (κ3) is 4.96. The molecule has 170 valence electrons. The van der Waals surface area contributed by atoms with Gasteiger partial charge in [-0.3, -0.25) is 9.69 Å². The average molecular weight is 512 g/mol. The molecule has 4 aromatic rings. The molecule has 5 heteroatoms. The first-order chi connectivity index (χ1) is 16.6. The Kier molecular flexibility index (Phi) is 6.57. The third-order valence-corrected chi connectivity index (χ3v) is 6.73. The topological polar surface area (TPSA) is 35.9 Å². The molecule has 0 unspecified atom stereocenters. The Morgan fingerprint density at radius 1 is 0.941 bits per heavy atom. The third-order valence-electron chi connectivity index (χ3n) is 6.20. The summed E-state index contributed by atoms with van der Waals surface area (Å²) in [4.78, 5) is 15.5. The van der Waals surface area contributed by atoms with E-state index in [1.165, 1.54) is 16.3 Å². The summed E-state index contributed by atoms with van der Waals surface area (Å²) >= 11 is 3.47. The summed E-state index contributed by atoms with van der Waals surface area (Å²) in [6.45, 7) is 0.998. The predicted octanol–water partition coefficient (Wildman–Crippen LogP) is 6.41. The number of rotatable bonds is 6. The van der Waals surface area contributed by atoms with Gasteiger partial charge in [0.25, 0.3) is 5.91 Å². The molecule has 0 bridgehead atoms. The van der Waals surface area contributed by atoms with Gasteiger partial charge < -0.3 is 0 Å². The molecule has 0 fully saturated rings. The fourth-order valence-electron chi connectivity index (χ4n) is 4.48. The van der Waals surface area contributed by atoms with Gasteiger partial charge in [-0.25, -0.2) is 5.01 Å². The summed E-state index contributed by atoms with van der Waals surface area (Å²) in [6.07, 6.45) is 0.699. The van der Waals surface area contributed by atoms with Crippen molar-refractivity contribution in [3.63, 3.8) is 0 Å². The monoisotopic (exact) mass is 511 g/mol. The van der Waals surface area contributed by atoms with E-state index in [9.17, 15) is 4.79 Å². The van der Waals surface area contributed by atoms with Crippen LogP contribution in [0.1, 0.15) is 29.2 Å². The van der Waals surface area contributed by atoms with Crippen LogP contribution in [0.15, 0.2) is 107 Å². The predicted molar refractivity (Wildman–Crippen MR) is 142 cm³/mol. The lowest BCUT2D eigenvalue weighted by Crippen LogP contribution is -2.36. The van der Waals surface area contributed by atoms with Gasteiger partial charge in [0.2, 0.25) is 0 Å². The van der Waals surface area contributed by atoms with E-state index in [-0.39, 0.29) is 11.9 Å². The molecule has 1 amide bonds. The number of halogens is 1. The molecule has 5 rings (SSSR count). The van der Waals surface area contributed by atoms with Gasteiger partial charge in [0.1, 0.15) is 0 Å².